The molecule has 0 radical (unpaired) electrons. The van der Waals surface area contributed by atoms with Crippen LogP contribution in [0.3, 0.4) is 0 Å². The number of halogens is 1. The second kappa shape index (κ2) is 8.16. The molecule has 0 aliphatic carbocycles. The molecule has 0 bridgehead atoms. The van der Waals surface area contributed by atoms with E-state index in [2.05, 4.69) is 36.3 Å². The molecule has 0 aliphatic heterocycles. The van der Waals surface area contributed by atoms with Crippen LogP contribution < -0.4 is 5.32 Å². The smallest absolute Gasteiger partial charge is 0.0608 e. The molecular weight excluding hydrogens is 280 g/mol. The topological polar surface area (TPSA) is 24.9 Å². The summed E-state index contributed by atoms with van der Waals surface area (Å²) in [5.74, 6) is 0. The lowest BCUT2D eigenvalue weighted by Gasteiger charge is -2.20. The van der Waals surface area contributed by atoms with Crippen LogP contribution in [0.1, 0.15) is 43.1 Å². The van der Waals surface area contributed by atoms with Gasteiger partial charge in [-0.3, -0.25) is 4.98 Å². The highest BCUT2D eigenvalue weighted by molar-refractivity contribution is 6.30. The summed E-state index contributed by atoms with van der Waals surface area (Å²) in [5, 5.41) is 4.41. The van der Waals surface area contributed by atoms with Gasteiger partial charge in [0.2, 0.25) is 0 Å². The van der Waals surface area contributed by atoms with Gasteiger partial charge in [0.15, 0.2) is 0 Å². The Kier molecular flexibility index (Phi) is 6.21. The van der Waals surface area contributed by atoms with Crippen molar-refractivity contribution < 1.29 is 0 Å². The van der Waals surface area contributed by atoms with Crippen LogP contribution in [0.15, 0.2) is 42.6 Å². The van der Waals surface area contributed by atoms with E-state index in [1.807, 2.05) is 30.5 Å². The average molecular weight is 303 g/mol. The van der Waals surface area contributed by atoms with Crippen LogP contribution in [-0.4, -0.2) is 11.5 Å². The summed E-state index contributed by atoms with van der Waals surface area (Å²) in [4.78, 5) is 4.63. The molecule has 1 aromatic heterocycles. The maximum atomic E-state index is 6.10. The Labute approximate surface area is 132 Å². The van der Waals surface area contributed by atoms with Gasteiger partial charge < -0.3 is 5.32 Å². The number of benzene rings is 1. The molecule has 112 valence electrons. The third-order valence-corrected chi connectivity index (χ3v) is 3.84. The van der Waals surface area contributed by atoms with E-state index >= 15 is 0 Å². The van der Waals surface area contributed by atoms with Crippen molar-refractivity contribution in [3.8, 4) is 0 Å². The van der Waals surface area contributed by atoms with Crippen LogP contribution in [0, 0.1) is 0 Å². The van der Waals surface area contributed by atoms with Gasteiger partial charge in [0.25, 0.3) is 0 Å². The largest absolute Gasteiger partial charge is 0.308 e. The molecule has 0 saturated carbocycles. The number of aryl methyl sites for hydroxylation is 1. The molecule has 0 aliphatic rings. The number of hydrogen-bond acceptors (Lipinski definition) is 2. The summed E-state index contributed by atoms with van der Waals surface area (Å²) in [6.07, 6.45) is 4.90. The number of aromatic nitrogens is 1. The molecule has 3 heteroatoms. The van der Waals surface area contributed by atoms with Crippen LogP contribution in [-0.2, 0) is 12.8 Å². The van der Waals surface area contributed by atoms with Gasteiger partial charge in [-0.2, -0.15) is 0 Å². The molecule has 2 aromatic rings. The van der Waals surface area contributed by atoms with E-state index in [0.717, 1.165) is 36.5 Å². The molecule has 1 heterocycles. The van der Waals surface area contributed by atoms with Crippen molar-refractivity contribution in [2.45, 2.75) is 39.2 Å². The normalized spacial score (nSPS) is 12.3. The van der Waals surface area contributed by atoms with E-state index in [1.54, 1.807) is 0 Å². The summed E-state index contributed by atoms with van der Waals surface area (Å²) in [6.45, 7) is 5.35. The Hall–Kier alpha value is -1.38. The van der Waals surface area contributed by atoms with Crippen LogP contribution in [0.25, 0.3) is 0 Å². The number of nitrogens with zero attached hydrogens (tertiary/aromatic N) is 1. The number of pyridine rings is 1. The fourth-order valence-electron chi connectivity index (χ4n) is 2.55. The summed E-state index contributed by atoms with van der Waals surface area (Å²) >= 11 is 6.10. The third-order valence-electron chi connectivity index (χ3n) is 3.61. The minimum Gasteiger partial charge on any atom is -0.308 e. The predicted octanol–water partition coefficient (Wildman–Crippen LogP) is 4.58. The lowest BCUT2D eigenvalue weighted by Crippen LogP contribution is -2.26. The Morgan fingerprint density at radius 2 is 2.05 bits per heavy atom. The first-order chi connectivity index (χ1) is 10.2. The van der Waals surface area contributed by atoms with Gasteiger partial charge in [0.1, 0.15) is 0 Å². The van der Waals surface area contributed by atoms with Crippen molar-refractivity contribution in [2.24, 2.45) is 0 Å². The SMILES string of the molecule is CCCNC(Cc1cccc(Cl)c1)c1ncccc1CC. The summed E-state index contributed by atoms with van der Waals surface area (Å²) in [6, 6.07) is 12.5. The van der Waals surface area contributed by atoms with E-state index in [9.17, 15) is 0 Å². The van der Waals surface area contributed by atoms with Crippen molar-refractivity contribution in [3.63, 3.8) is 0 Å². The molecule has 0 saturated heterocycles. The predicted molar refractivity (Wildman–Crippen MR) is 89.8 cm³/mol. The van der Waals surface area contributed by atoms with E-state index in [1.165, 1.54) is 11.1 Å². The zero-order valence-corrected chi connectivity index (χ0v) is 13.5. The molecule has 1 aromatic carbocycles. The van der Waals surface area contributed by atoms with Crippen LogP contribution >= 0.6 is 11.6 Å². The Bertz CT molecular complexity index is 569. The molecular formula is C18H23ClN2. The van der Waals surface area contributed by atoms with Gasteiger partial charge in [-0.1, -0.05) is 43.6 Å². The molecule has 1 atom stereocenters. The number of nitrogens with one attached hydrogen (secondary N) is 1. The highest BCUT2D eigenvalue weighted by atomic mass is 35.5. The first-order valence-corrected chi connectivity index (χ1v) is 8.04. The van der Waals surface area contributed by atoms with Crippen molar-refractivity contribution in [3.05, 3.63) is 64.4 Å². The fraction of sp³-hybridized carbons (Fsp3) is 0.389. The molecule has 21 heavy (non-hydrogen) atoms. The minimum absolute atomic E-state index is 0.236. The highest BCUT2D eigenvalue weighted by Gasteiger charge is 2.16. The zero-order chi connectivity index (χ0) is 15.1. The first kappa shape index (κ1) is 16.0. The first-order valence-electron chi connectivity index (χ1n) is 7.66. The van der Waals surface area contributed by atoms with E-state index in [-0.39, 0.29) is 6.04 Å². The maximum Gasteiger partial charge on any atom is 0.0608 e. The Morgan fingerprint density at radius 1 is 1.19 bits per heavy atom. The average Bonchev–Trinajstić information content (AvgIpc) is 2.51. The molecule has 2 nitrogen and oxygen atoms in total. The molecule has 2 rings (SSSR count). The second-order valence-electron chi connectivity index (χ2n) is 5.24. The fourth-order valence-corrected chi connectivity index (χ4v) is 2.76. The molecule has 0 amide bonds. The molecule has 0 spiro atoms. The summed E-state index contributed by atoms with van der Waals surface area (Å²) in [5.41, 5.74) is 3.71. The van der Waals surface area contributed by atoms with Crippen molar-refractivity contribution >= 4 is 11.6 Å². The standard InChI is InChI=1S/C18H23ClN2/c1-3-10-20-17(13-14-7-5-9-16(19)12-14)18-15(4-2)8-6-11-21-18/h5-9,11-12,17,20H,3-4,10,13H2,1-2H3. The quantitative estimate of drug-likeness (QED) is 0.809. The van der Waals surface area contributed by atoms with Crippen LogP contribution in [0.4, 0.5) is 0 Å². The van der Waals surface area contributed by atoms with Crippen molar-refractivity contribution in [1.82, 2.24) is 10.3 Å². The van der Waals surface area contributed by atoms with Crippen LogP contribution in [0.5, 0.6) is 0 Å². The van der Waals surface area contributed by atoms with Gasteiger partial charge in [-0.15, -0.1) is 0 Å². The second-order valence-corrected chi connectivity index (χ2v) is 5.68. The van der Waals surface area contributed by atoms with E-state index in [0.29, 0.717) is 0 Å². The van der Waals surface area contributed by atoms with Gasteiger partial charge in [0, 0.05) is 11.2 Å². The monoisotopic (exact) mass is 302 g/mol. The molecule has 1 unspecified atom stereocenters. The molecule has 0 fully saturated rings. The third kappa shape index (κ3) is 4.55. The summed E-state index contributed by atoms with van der Waals surface area (Å²) < 4.78 is 0. The highest BCUT2D eigenvalue weighted by Crippen LogP contribution is 2.22. The van der Waals surface area contributed by atoms with Crippen molar-refractivity contribution in [2.75, 3.05) is 6.54 Å². The maximum absolute atomic E-state index is 6.10. The van der Waals surface area contributed by atoms with E-state index in [4.69, 9.17) is 11.6 Å². The van der Waals surface area contributed by atoms with Gasteiger partial charge in [0.05, 0.1) is 11.7 Å². The Morgan fingerprint density at radius 3 is 2.76 bits per heavy atom. The van der Waals surface area contributed by atoms with Gasteiger partial charge in [-0.25, -0.2) is 0 Å². The van der Waals surface area contributed by atoms with Crippen molar-refractivity contribution in [1.29, 1.82) is 0 Å². The van der Waals surface area contributed by atoms with E-state index < -0.39 is 0 Å². The zero-order valence-electron chi connectivity index (χ0n) is 12.8. The molecule has 1 N–H and O–H groups in total. The Balaban J connectivity index is 2.25. The number of hydrogen-bond donors (Lipinski definition) is 1. The number of rotatable bonds is 7. The van der Waals surface area contributed by atoms with Crippen LogP contribution in [0.2, 0.25) is 5.02 Å². The lowest BCUT2D eigenvalue weighted by atomic mass is 9.98. The summed E-state index contributed by atoms with van der Waals surface area (Å²) in [7, 11) is 0. The van der Waals surface area contributed by atoms with Gasteiger partial charge in [-0.05, 0) is 55.1 Å². The minimum atomic E-state index is 0.236. The lowest BCUT2D eigenvalue weighted by molar-refractivity contribution is 0.514. The van der Waals surface area contributed by atoms with Gasteiger partial charge >= 0.3 is 0 Å².